The van der Waals surface area contributed by atoms with Crippen LogP contribution in [0, 0.1) is 5.82 Å². The molecule has 1 heterocycles. The van der Waals surface area contributed by atoms with Crippen LogP contribution in [0.2, 0.25) is 0 Å². The molecule has 1 aromatic rings. The highest BCUT2D eigenvalue weighted by molar-refractivity contribution is 5.21. The summed E-state index contributed by atoms with van der Waals surface area (Å²) in [5, 5.41) is 8.86. The topological polar surface area (TPSA) is 59.1 Å². The van der Waals surface area contributed by atoms with E-state index in [4.69, 9.17) is 10.8 Å². The second kappa shape index (κ2) is 3.16. The Bertz CT molecular complexity index is 276. The van der Waals surface area contributed by atoms with Gasteiger partial charge in [0.05, 0.1) is 18.3 Å². The Kier molecular flexibility index (Phi) is 2.40. The van der Waals surface area contributed by atoms with Crippen molar-refractivity contribution < 1.29 is 9.50 Å². The average Bonchev–Trinajstić information content (AvgIpc) is 2.05. The number of hydrogen-bond donors (Lipinski definition) is 2. The Hall–Kier alpha value is -1.00. The Morgan fingerprint density at radius 1 is 1.75 bits per heavy atom. The summed E-state index contributed by atoms with van der Waals surface area (Å²) in [5.74, 6) is -0.489. The Morgan fingerprint density at radius 2 is 2.42 bits per heavy atom. The minimum Gasteiger partial charge on any atom is -0.394 e. The molecule has 0 aliphatic rings. The zero-order valence-corrected chi connectivity index (χ0v) is 6.79. The molecule has 3 nitrogen and oxygen atoms in total. The fraction of sp³-hybridized carbons (Fsp3) is 0.375. The molecule has 0 bridgehead atoms. The highest BCUT2D eigenvalue weighted by atomic mass is 19.1. The molecule has 0 aromatic carbocycles. The first-order chi connectivity index (χ1) is 5.58. The second-order valence-corrected chi connectivity index (χ2v) is 2.93. The molecule has 0 fully saturated rings. The molecule has 0 saturated carbocycles. The van der Waals surface area contributed by atoms with Gasteiger partial charge in [-0.2, -0.15) is 0 Å². The molecule has 0 aliphatic carbocycles. The fourth-order valence-electron chi connectivity index (χ4n) is 0.924. The van der Waals surface area contributed by atoms with Gasteiger partial charge in [-0.1, -0.05) is 0 Å². The smallest absolute Gasteiger partial charge is 0.146 e. The second-order valence-electron chi connectivity index (χ2n) is 2.93. The molecule has 0 saturated heterocycles. The quantitative estimate of drug-likeness (QED) is 0.674. The first-order valence-electron chi connectivity index (χ1n) is 3.57. The lowest BCUT2D eigenvalue weighted by Gasteiger charge is -2.22. The fourth-order valence-corrected chi connectivity index (χ4v) is 0.924. The summed E-state index contributed by atoms with van der Waals surface area (Å²) in [4.78, 5) is 3.58. The average molecular weight is 170 g/mol. The maximum atomic E-state index is 13.0. The van der Waals surface area contributed by atoms with E-state index < -0.39 is 11.4 Å². The third kappa shape index (κ3) is 1.60. The lowest BCUT2D eigenvalue weighted by molar-refractivity contribution is 0.206. The van der Waals surface area contributed by atoms with Gasteiger partial charge in [0.25, 0.3) is 0 Å². The van der Waals surface area contributed by atoms with Gasteiger partial charge in [0.15, 0.2) is 0 Å². The molecule has 0 spiro atoms. The lowest BCUT2D eigenvalue weighted by atomic mass is 9.95. The summed E-state index contributed by atoms with van der Waals surface area (Å²) >= 11 is 0. The van der Waals surface area contributed by atoms with E-state index in [1.807, 2.05) is 0 Å². The van der Waals surface area contributed by atoms with Gasteiger partial charge in [0, 0.05) is 11.8 Å². The van der Waals surface area contributed by atoms with E-state index >= 15 is 0 Å². The maximum Gasteiger partial charge on any atom is 0.146 e. The number of nitrogens with zero attached hydrogens (tertiary/aromatic N) is 1. The number of halogens is 1. The van der Waals surface area contributed by atoms with Crippen LogP contribution >= 0.6 is 0 Å². The van der Waals surface area contributed by atoms with Gasteiger partial charge >= 0.3 is 0 Å². The van der Waals surface area contributed by atoms with Crippen LogP contribution in [-0.4, -0.2) is 16.7 Å². The normalized spacial score (nSPS) is 15.7. The zero-order valence-electron chi connectivity index (χ0n) is 6.79. The number of aliphatic hydroxyl groups excluding tert-OH is 1. The van der Waals surface area contributed by atoms with Crippen molar-refractivity contribution in [3.8, 4) is 0 Å². The maximum absolute atomic E-state index is 13.0. The van der Waals surface area contributed by atoms with Gasteiger partial charge in [0.1, 0.15) is 5.82 Å². The van der Waals surface area contributed by atoms with E-state index in [1.165, 1.54) is 12.3 Å². The third-order valence-corrected chi connectivity index (χ3v) is 1.72. The van der Waals surface area contributed by atoms with Gasteiger partial charge in [-0.3, -0.25) is 4.98 Å². The van der Waals surface area contributed by atoms with Crippen LogP contribution in [0.25, 0.3) is 0 Å². The van der Waals surface area contributed by atoms with E-state index in [1.54, 1.807) is 6.92 Å². The Balaban J connectivity index is 3.10. The first-order valence-corrected chi connectivity index (χ1v) is 3.57. The van der Waals surface area contributed by atoms with Crippen LogP contribution in [0.3, 0.4) is 0 Å². The van der Waals surface area contributed by atoms with Crippen molar-refractivity contribution in [2.45, 2.75) is 12.5 Å². The minimum atomic E-state index is -1.03. The largest absolute Gasteiger partial charge is 0.394 e. The summed E-state index contributed by atoms with van der Waals surface area (Å²) < 4.78 is 13.0. The summed E-state index contributed by atoms with van der Waals surface area (Å²) in [7, 11) is 0. The predicted octanol–water partition coefficient (Wildman–Crippen LogP) is 0.387. The van der Waals surface area contributed by atoms with Crippen LogP contribution in [0.4, 0.5) is 4.39 Å². The number of pyridine rings is 1. The molecule has 12 heavy (non-hydrogen) atoms. The van der Waals surface area contributed by atoms with Gasteiger partial charge in [-0.05, 0) is 13.0 Å². The van der Waals surface area contributed by atoms with E-state index in [0.717, 1.165) is 6.20 Å². The van der Waals surface area contributed by atoms with E-state index in [9.17, 15) is 4.39 Å². The highest BCUT2D eigenvalue weighted by Gasteiger charge is 2.23. The van der Waals surface area contributed by atoms with Crippen molar-refractivity contribution in [1.29, 1.82) is 0 Å². The van der Waals surface area contributed by atoms with Gasteiger partial charge in [0.2, 0.25) is 0 Å². The van der Waals surface area contributed by atoms with Crippen LogP contribution in [-0.2, 0) is 5.54 Å². The molecule has 3 N–H and O–H groups in total. The molecule has 0 unspecified atom stereocenters. The summed E-state index contributed by atoms with van der Waals surface area (Å²) in [6.45, 7) is 1.26. The Labute approximate surface area is 70.0 Å². The molecular formula is C8H11FN2O. The van der Waals surface area contributed by atoms with Crippen molar-refractivity contribution >= 4 is 0 Å². The SMILES string of the molecule is C[C@@](N)(CO)c1ccncc1F. The summed E-state index contributed by atoms with van der Waals surface area (Å²) in [5.41, 5.74) is 4.86. The van der Waals surface area contributed by atoms with E-state index in [0.29, 0.717) is 0 Å². The lowest BCUT2D eigenvalue weighted by Crippen LogP contribution is -2.37. The predicted molar refractivity (Wildman–Crippen MR) is 42.8 cm³/mol. The number of aliphatic hydroxyl groups is 1. The highest BCUT2D eigenvalue weighted by Crippen LogP contribution is 2.18. The first kappa shape index (κ1) is 9.09. The monoisotopic (exact) mass is 170 g/mol. The summed E-state index contributed by atoms with van der Waals surface area (Å²) in [6.07, 6.45) is 2.52. The van der Waals surface area contributed by atoms with Gasteiger partial charge < -0.3 is 10.8 Å². The molecule has 0 radical (unpaired) electrons. The van der Waals surface area contributed by atoms with E-state index in [2.05, 4.69) is 4.98 Å². The number of nitrogens with two attached hydrogens (primary N) is 1. The molecule has 0 aliphatic heterocycles. The number of aromatic nitrogens is 1. The van der Waals surface area contributed by atoms with Crippen molar-refractivity contribution in [3.05, 3.63) is 29.8 Å². The van der Waals surface area contributed by atoms with Gasteiger partial charge in [-0.25, -0.2) is 4.39 Å². The Morgan fingerprint density at radius 3 is 2.92 bits per heavy atom. The standard InChI is InChI=1S/C8H11FN2O/c1-8(10,5-12)6-2-3-11-4-7(6)9/h2-4,12H,5,10H2,1H3/t8-/m1/s1. The van der Waals surface area contributed by atoms with E-state index in [-0.39, 0.29) is 12.2 Å². The van der Waals surface area contributed by atoms with Crippen molar-refractivity contribution in [1.82, 2.24) is 4.98 Å². The third-order valence-electron chi connectivity index (χ3n) is 1.72. The molecule has 4 heteroatoms. The van der Waals surface area contributed by atoms with Crippen LogP contribution in [0.15, 0.2) is 18.5 Å². The molecule has 0 amide bonds. The number of rotatable bonds is 2. The van der Waals surface area contributed by atoms with Crippen LogP contribution in [0.1, 0.15) is 12.5 Å². The zero-order chi connectivity index (χ0) is 9.19. The van der Waals surface area contributed by atoms with Crippen molar-refractivity contribution in [2.24, 2.45) is 5.73 Å². The molecule has 1 rings (SSSR count). The molecule has 66 valence electrons. The van der Waals surface area contributed by atoms with Crippen LogP contribution in [0.5, 0.6) is 0 Å². The van der Waals surface area contributed by atoms with Crippen molar-refractivity contribution in [2.75, 3.05) is 6.61 Å². The number of hydrogen-bond acceptors (Lipinski definition) is 3. The van der Waals surface area contributed by atoms with Crippen LogP contribution < -0.4 is 5.73 Å². The summed E-state index contributed by atoms with van der Waals surface area (Å²) in [6, 6.07) is 1.46. The molecule has 1 aromatic heterocycles. The minimum absolute atomic E-state index is 0.278. The van der Waals surface area contributed by atoms with Gasteiger partial charge in [-0.15, -0.1) is 0 Å². The molecular weight excluding hydrogens is 159 g/mol. The molecule has 1 atom stereocenters. The van der Waals surface area contributed by atoms with Crippen molar-refractivity contribution in [3.63, 3.8) is 0 Å².